The molecular weight excluding hydrogens is 160 g/mol. The summed E-state index contributed by atoms with van der Waals surface area (Å²) in [6.07, 6.45) is 1.78. The van der Waals surface area contributed by atoms with E-state index in [2.05, 4.69) is 5.43 Å². The lowest BCUT2D eigenvalue weighted by Gasteiger charge is -1.99. The second-order valence-corrected chi connectivity index (χ2v) is 2.15. The Morgan fingerprint density at radius 3 is 2.92 bits per heavy atom. The minimum Gasteiger partial charge on any atom is -0.459 e. The smallest absolute Gasteiger partial charge is 0.305 e. The molecule has 1 aromatic rings. The lowest BCUT2D eigenvalue weighted by atomic mass is 10.3. The van der Waals surface area contributed by atoms with E-state index in [9.17, 15) is 9.59 Å². The lowest BCUT2D eigenvalue weighted by Crippen LogP contribution is -2.36. The second kappa shape index (κ2) is 3.56. The molecule has 12 heavy (non-hydrogen) atoms. The first kappa shape index (κ1) is 8.32. The summed E-state index contributed by atoms with van der Waals surface area (Å²) < 4.78 is 4.86. The van der Waals surface area contributed by atoms with E-state index in [0.29, 0.717) is 6.41 Å². The van der Waals surface area contributed by atoms with Gasteiger partial charge in [0.05, 0.1) is 6.26 Å². The van der Waals surface area contributed by atoms with Gasteiger partial charge >= 0.3 is 5.91 Å². The van der Waals surface area contributed by atoms with E-state index in [4.69, 9.17) is 4.42 Å². The molecule has 0 fully saturated rings. The number of hydrogen-bond acceptors (Lipinski definition) is 3. The van der Waals surface area contributed by atoms with Gasteiger partial charge in [0.25, 0.3) is 0 Å². The van der Waals surface area contributed by atoms with Gasteiger partial charge in [-0.1, -0.05) is 0 Å². The van der Waals surface area contributed by atoms with Crippen LogP contribution in [0.1, 0.15) is 16.1 Å². The van der Waals surface area contributed by atoms with Crippen molar-refractivity contribution >= 4 is 12.3 Å². The molecule has 0 atom stereocenters. The standard InChI is InChI=1S/C7H8N2O3/c1-5-2-3-12-6(5)7(11)9-8-4-10/h2-4H,1H3,(H,8,10)(H,9,11). The number of amides is 2. The van der Waals surface area contributed by atoms with Crippen molar-refractivity contribution in [3.8, 4) is 0 Å². The Labute approximate surface area is 68.7 Å². The van der Waals surface area contributed by atoms with E-state index in [-0.39, 0.29) is 5.76 Å². The third-order valence-corrected chi connectivity index (χ3v) is 1.31. The number of carbonyl (C=O) groups is 2. The molecule has 0 bridgehead atoms. The zero-order valence-electron chi connectivity index (χ0n) is 6.46. The van der Waals surface area contributed by atoms with Crippen LogP contribution in [0.15, 0.2) is 16.7 Å². The van der Waals surface area contributed by atoms with Crippen LogP contribution in [0.4, 0.5) is 0 Å². The van der Waals surface area contributed by atoms with E-state index in [0.717, 1.165) is 5.56 Å². The van der Waals surface area contributed by atoms with Gasteiger partial charge in [-0.15, -0.1) is 0 Å². The fraction of sp³-hybridized carbons (Fsp3) is 0.143. The maximum Gasteiger partial charge on any atom is 0.305 e. The summed E-state index contributed by atoms with van der Waals surface area (Å²) in [6.45, 7) is 1.74. The number of rotatable bonds is 3. The van der Waals surface area contributed by atoms with E-state index >= 15 is 0 Å². The van der Waals surface area contributed by atoms with Crippen LogP contribution in [-0.4, -0.2) is 12.3 Å². The molecule has 0 aliphatic rings. The SMILES string of the molecule is Cc1ccoc1C(=O)NNC=O. The summed E-state index contributed by atoms with van der Waals surface area (Å²) >= 11 is 0. The van der Waals surface area contributed by atoms with Gasteiger partial charge in [0.1, 0.15) is 0 Å². The maximum absolute atomic E-state index is 11.1. The molecule has 2 amide bonds. The van der Waals surface area contributed by atoms with E-state index in [1.165, 1.54) is 6.26 Å². The highest BCUT2D eigenvalue weighted by Crippen LogP contribution is 2.07. The molecule has 0 aromatic carbocycles. The molecule has 64 valence electrons. The quantitative estimate of drug-likeness (QED) is 0.492. The number of carbonyl (C=O) groups excluding carboxylic acids is 2. The molecule has 0 aliphatic heterocycles. The number of hydrogen-bond donors (Lipinski definition) is 2. The van der Waals surface area contributed by atoms with Crippen LogP contribution in [0.25, 0.3) is 0 Å². The van der Waals surface area contributed by atoms with E-state index in [1.54, 1.807) is 13.0 Å². The van der Waals surface area contributed by atoms with Gasteiger partial charge in [0.15, 0.2) is 5.76 Å². The van der Waals surface area contributed by atoms with Crippen molar-refractivity contribution < 1.29 is 14.0 Å². The van der Waals surface area contributed by atoms with Crippen molar-refractivity contribution in [2.24, 2.45) is 0 Å². The summed E-state index contributed by atoms with van der Waals surface area (Å²) in [5.74, 6) is -0.269. The Morgan fingerprint density at radius 2 is 2.42 bits per heavy atom. The number of nitrogens with one attached hydrogen (secondary N) is 2. The zero-order valence-corrected chi connectivity index (χ0v) is 6.46. The number of aryl methyl sites for hydroxylation is 1. The molecule has 0 radical (unpaired) electrons. The Bertz CT molecular complexity index is 293. The topological polar surface area (TPSA) is 71.3 Å². The second-order valence-electron chi connectivity index (χ2n) is 2.15. The first-order valence-corrected chi connectivity index (χ1v) is 3.29. The predicted octanol–water partition coefficient (Wildman–Crippen LogP) is -0.0212. The third-order valence-electron chi connectivity index (χ3n) is 1.31. The fourth-order valence-corrected chi connectivity index (χ4v) is 0.757. The van der Waals surface area contributed by atoms with Crippen LogP contribution in [0.2, 0.25) is 0 Å². The minimum absolute atomic E-state index is 0.198. The van der Waals surface area contributed by atoms with Gasteiger partial charge in [0, 0.05) is 5.56 Å². The van der Waals surface area contributed by atoms with E-state index < -0.39 is 5.91 Å². The zero-order chi connectivity index (χ0) is 8.97. The van der Waals surface area contributed by atoms with E-state index in [1.807, 2.05) is 5.43 Å². The minimum atomic E-state index is -0.468. The molecular formula is C7H8N2O3. The van der Waals surface area contributed by atoms with Gasteiger partial charge in [-0.2, -0.15) is 0 Å². The molecule has 0 saturated carbocycles. The summed E-state index contributed by atoms with van der Waals surface area (Å²) in [5.41, 5.74) is 4.87. The largest absolute Gasteiger partial charge is 0.459 e. The molecule has 1 heterocycles. The Balaban J connectivity index is 2.65. The summed E-state index contributed by atoms with van der Waals surface area (Å²) in [6, 6.07) is 1.66. The van der Waals surface area contributed by atoms with Gasteiger partial charge in [-0.3, -0.25) is 20.4 Å². The highest BCUT2D eigenvalue weighted by atomic mass is 16.3. The van der Waals surface area contributed by atoms with Crippen LogP contribution in [0.3, 0.4) is 0 Å². The first-order valence-electron chi connectivity index (χ1n) is 3.29. The molecule has 0 unspecified atom stereocenters. The van der Waals surface area contributed by atoms with Crippen molar-refractivity contribution in [3.05, 3.63) is 23.7 Å². The van der Waals surface area contributed by atoms with Crippen LogP contribution in [0.5, 0.6) is 0 Å². The molecule has 0 aliphatic carbocycles. The van der Waals surface area contributed by atoms with Crippen LogP contribution in [-0.2, 0) is 4.79 Å². The van der Waals surface area contributed by atoms with Crippen LogP contribution in [0, 0.1) is 6.92 Å². The first-order chi connectivity index (χ1) is 5.75. The highest BCUT2D eigenvalue weighted by Gasteiger charge is 2.10. The Hall–Kier alpha value is -1.78. The average Bonchev–Trinajstić information content (AvgIpc) is 2.47. The molecule has 5 nitrogen and oxygen atoms in total. The van der Waals surface area contributed by atoms with Gasteiger partial charge < -0.3 is 4.42 Å². The fourth-order valence-electron chi connectivity index (χ4n) is 0.757. The van der Waals surface area contributed by atoms with Crippen LogP contribution < -0.4 is 10.9 Å². The normalized spacial score (nSPS) is 9.08. The van der Waals surface area contributed by atoms with Crippen molar-refractivity contribution in [1.29, 1.82) is 0 Å². The molecule has 5 heteroatoms. The lowest BCUT2D eigenvalue weighted by molar-refractivity contribution is -0.110. The molecule has 1 aromatic heterocycles. The maximum atomic E-state index is 11.1. The van der Waals surface area contributed by atoms with Gasteiger partial charge in [-0.05, 0) is 13.0 Å². The Kier molecular flexibility index (Phi) is 2.47. The summed E-state index contributed by atoms with van der Waals surface area (Å²) in [7, 11) is 0. The molecule has 0 spiro atoms. The summed E-state index contributed by atoms with van der Waals surface area (Å²) in [5, 5.41) is 0. The molecule has 2 N–H and O–H groups in total. The summed E-state index contributed by atoms with van der Waals surface area (Å²) in [4.78, 5) is 20.9. The van der Waals surface area contributed by atoms with Gasteiger partial charge in [0.2, 0.25) is 6.41 Å². The molecule has 1 rings (SSSR count). The van der Waals surface area contributed by atoms with Crippen LogP contribution >= 0.6 is 0 Å². The van der Waals surface area contributed by atoms with Gasteiger partial charge in [-0.25, -0.2) is 0 Å². The van der Waals surface area contributed by atoms with Crippen molar-refractivity contribution in [2.75, 3.05) is 0 Å². The van der Waals surface area contributed by atoms with Crippen molar-refractivity contribution in [3.63, 3.8) is 0 Å². The number of hydrazine groups is 1. The number of furan rings is 1. The highest BCUT2D eigenvalue weighted by molar-refractivity contribution is 5.92. The Morgan fingerprint density at radius 1 is 1.67 bits per heavy atom. The average molecular weight is 168 g/mol. The molecule has 0 saturated heterocycles. The monoisotopic (exact) mass is 168 g/mol. The van der Waals surface area contributed by atoms with Crippen molar-refractivity contribution in [1.82, 2.24) is 10.9 Å². The van der Waals surface area contributed by atoms with Crippen molar-refractivity contribution in [2.45, 2.75) is 6.92 Å². The third kappa shape index (κ3) is 1.63. The predicted molar refractivity (Wildman–Crippen MR) is 40.1 cm³/mol.